The van der Waals surface area contributed by atoms with E-state index in [1.807, 2.05) is 36.7 Å². The van der Waals surface area contributed by atoms with Crippen LogP contribution in [0.25, 0.3) is 0 Å². The molecule has 2 heterocycles. The van der Waals surface area contributed by atoms with Crippen molar-refractivity contribution in [3.05, 3.63) is 89.5 Å². The molecule has 0 unspecified atom stereocenters. The van der Waals surface area contributed by atoms with Crippen LogP contribution in [0.3, 0.4) is 0 Å². The molecule has 3 rings (SSSR count). The van der Waals surface area contributed by atoms with Crippen LogP contribution in [0.15, 0.2) is 67.0 Å². The number of nitrogens with one attached hydrogen (secondary N) is 1. The zero-order chi connectivity index (χ0) is 18.2. The van der Waals surface area contributed by atoms with Crippen LogP contribution in [0.1, 0.15) is 22.5 Å². The first-order chi connectivity index (χ1) is 12.7. The number of nitrogens with zero attached hydrogens (tertiary/aromatic N) is 3. The molecule has 3 aromatic rings. The molecule has 156 valence electrons. The van der Waals surface area contributed by atoms with E-state index in [-0.39, 0.29) is 41.9 Å². The summed E-state index contributed by atoms with van der Waals surface area (Å²) in [6.45, 7) is 7.69. The second-order valence-electron chi connectivity index (χ2n) is 6.60. The van der Waals surface area contributed by atoms with Crippen LogP contribution >= 0.6 is 0 Å². The van der Waals surface area contributed by atoms with Gasteiger partial charge in [-0.2, -0.15) is 0 Å². The zero-order valence-electron chi connectivity index (χ0n) is 16.6. The maximum absolute atomic E-state index is 4.47. The van der Waals surface area contributed by atoms with Gasteiger partial charge in [0.15, 0.2) is 0 Å². The largest absolute Gasteiger partial charge is 2.00 e. The van der Waals surface area contributed by atoms with E-state index in [9.17, 15) is 0 Å². The topological polar surface area (TPSA) is 41.0 Å². The van der Waals surface area contributed by atoms with Crippen molar-refractivity contribution in [1.82, 2.24) is 14.9 Å². The third-order valence-corrected chi connectivity index (χ3v) is 4.35. The zero-order valence-corrected chi connectivity index (χ0v) is 19.2. The van der Waals surface area contributed by atoms with Crippen molar-refractivity contribution in [1.29, 1.82) is 0 Å². The third-order valence-electron chi connectivity index (χ3n) is 4.35. The summed E-state index contributed by atoms with van der Waals surface area (Å²) in [5.41, 5.74) is 5.93. The number of benzene rings is 1. The number of anilines is 1. The minimum Gasteiger partial charge on any atom is -1.00 e. The number of hydrogen-bond donors (Lipinski definition) is 1. The molecule has 0 aliphatic rings. The molecular formula is C22H26Cl2FeN4. The van der Waals surface area contributed by atoms with Gasteiger partial charge in [-0.15, -0.1) is 0 Å². The van der Waals surface area contributed by atoms with Gasteiger partial charge in [0.1, 0.15) is 0 Å². The molecule has 0 radical (unpaired) electrons. The molecule has 4 nitrogen and oxygen atoms in total. The summed E-state index contributed by atoms with van der Waals surface area (Å²) >= 11 is 0. The summed E-state index contributed by atoms with van der Waals surface area (Å²) in [5, 5.41) is 3.56. The van der Waals surface area contributed by atoms with Gasteiger partial charge >= 0.3 is 17.1 Å². The van der Waals surface area contributed by atoms with E-state index in [2.05, 4.69) is 64.4 Å². The average Bonchev–Trinajstić information content (AvgIpc) is 2.65. The van der Waals surface area contributed by atoms with Gasteiger partial charge in [0.05, 0.1) is 11.4 Å². The van der Waals surface area contributed by atoms with E-state index in [1.165, 1.54) is 16.8 Å². The summed E-state index contributed by atoms with van der Waals surface area (Å²) in [4.78, 5) is 11.3. The number of aryl methyl sites for hydroxylation is 2. The molecule has 0 saturated heterocycles. The van der Waals surface area contributed by atoms with Crippen molar-refractivity contribution < 1.29 is 41.9 Å². The minimum atomic E-state index is 0. The van der Waals surface area contributed by atoms with E-state index >= 15 is 0 Å². The van der Waals surface area contributed by atoms with Crippen molar-refractivity contribution in [3.8, 4) is 0 Å². The molecule has 0 bridgehead atoms. The Hall–Kier alpha value is -1.62. The smallest absolute Gasteiger partial charge is 1.00 e. The summed E-state index contributed by atoms with van der Waals surface area (Å²) in [5.74, 6) is 0. The number of aromatic nitrogens is 2. The summed E-state index contributed by atoms with van der Waals surface area (Å²) in [6.07, 6.45) is 3.70. The Morgan fingerprint density at radius 2 is 1.41 bits per heavy atom. The van der Waals surface area contributed by atoms with Gasteiger partial charge in [-0.1, -0.05) is 29.8 Å². The van der Waals surface area contributed by atoms with Gasteiger partial charge in [0, 0.05) is 44.3 Å². The molecule has 0 spiro atoms. The Labute approximate surface area is 196 Å². The SMILES string of the molecule is Cc1ccc(NCCN(Cc2ccccn2)Cc2ccccn2)c(C)c1.[Cl-].[Cl-].[Fe+2]. The first kappa shape index (κ1) is 27.4. The predicted octanol–water partition coefficient (Wildman–Crippen LogP) is -1.79. The van der Waals surface area contributed by atoms with Crippen LogP contribution in [0, 0.1) is 13.8 Å². The molecule has 0 amide bonds. The Balaban J connectivity index is 0.00000261. The van der Waals surface area contributed by atoms with Gasteiger partial charge in [-0.25, -0.2) is 0 Å². The molecule has 0 aliphatic heterocycles. The Morgan fingerprint density at radius 3 is 1.90 bits per heavy atom. The van der Waals surface area contributed by atoms with E-state index < -0.39 is 0 Å². The normalized spacial score (nSPS) is 9.76. The fourth-order valence-electron chi connectivity index (χ4n) is 3.02. The van der Waals surface area contributed by atoms with E-state index in [0.717, 1.165) is 37.6 Å². The molecule has 0 aliphatic carbocycles. The fourth-order valence-corrected chi connectivity index (χ4v) is 3.02. The van der Waals surface area contributed by atoms with Gasteiger partial charge in [0.2, 0.25) is 0 Å². The van der Waals surface area contributed by atoms with Crippen molar-refractivity contribution in [2.45, 2.75) is 26.9 Å². The Bertz CT molecular complexity index is 778. The van der Waals surface area contributed by atoms with Crippen molar-refractivity contribution in [2.24, 2.45) is 0 Å². The fraction of sp³-hybridized carbons (Fsp3) is 0.273. The van der Waals surface area contributed by atoms with Crippen LogP contribution in [0.2, 0.25) is 0 Å². The van der Waals surface area contributed by atoms with Crippen molar-refractivity contribution >= 4 is 5.69 Å². The molecule has 7 heteroatoms. The maximum atomic E-state index is 4.47. The van der Waals surface area contributed by atoms with Crippen LogP contribution in [-0.4, -0.2) is 28.0 Å². The van der Waals surface area contributed by atoms with E-state index in [0.29, 0.717) is 0 Å². The number of hydrogen-bond acceptors (Lipinski definition) is 4. The van der Waals surface area contributed by atoms with Crippen molar-refractivity contribution in [2.75, 3.05) is 18.4 Å². The average molecular weight is 473 g/mol. The summed E-state index contributed by atoms with van der Waals surface area (Å²) < 4.78 is 0. The molecule has 0 fully saturated rings. The second kappa shape index (κ2) is 14.4. The van der Waals surface area contributed by atoms with Crippen molar-refractivity contribution in [3.63, 3.8) is 0 Å². The number of halogens is 2. The summed E-state index contributed by atoms with van der Waals surface area (Å²) in [6, 6.07) is 18.6. The third kappa shape index (κ3) is 9.16. The quantitative estimate of drug-likeness (QED) is 0.393. The standard InChI is InChI=1S/C22H26N4.2ClH.Fe/c1-18-9-10-22(19(2)15-18)25-13-14-26(16-20-7-3-5-11-23-20)17-21-8-4-6-12-24-21;;;/h3-12,15,25H,13-14,16-17H2,1-2H3;2*1H;/q;;;+2/p-2. The molecular weight excluding hydrogens is 447 g/mol. The van der Waals surface area contributed by atoms with Gasteiger partial charge in [-0.05, 0) is 49.7 Å². The van der Waals surface area contributed by atoms with Gasteiger partial charge < -0.3 is 30.1 Å². The molecule has 2 aromatic heterocycles. The van der Waals surface area contributed by atoms with Crippen LogP contribution < -0.4 is 30.1 Å². The number of pyridine rings is 2. The van der Waals surface area contributed by atoms with E-state index in [1.54, 1.807) is 0 Å². The van der Waals surface area contributed by atoms with E-state index in [4.69, 9.17) is 0 Å². The van der Waals surface area contributed by atoms with Crippen LogP contribution in [0.4, 0.5) is 5.69 Å². The summed E-state index contributed by atoms with van der Waals surface area (Å²) in [7, 11) is 0. The molecule has 0 saturated carbocycles. The Kier molecular flexibility index (Phi) is 13.6. The van der Waals surface area contributed by atoms with Gasteiger partial charge in [0.25, 0.3) is 0 Å². The molecule has 0 atom stereocenters. The monoisotopic (exact) mass is 472 g/mol. The number of rotatable bonds is 8. The molecule has 1 N–H and O–H groups in total. The molecule has 29 heavy (non-hydrogen) atoms. The van der Waals surface area contributed by atoms with Crippen LogP contribution in [-0.2, 0) is 30.2 Å². The minimum absolute atomic E-state index is 0. The molecule has 1 aromatic carbocycles. The van der Waals surface area contributed by atoms with Gasteiger partial charge in [-0.3, -0.25) is 14.9 Å². The Morgan fingerprint density at radius 1 is 0.828 bits per heavy atom. The van der Waals surface area contributed by atoms with Crippen LogP contribution in [0.5, 0.6) is 0 Å². The first-order valence-corrected chi connectivity index (χ1v) is 9.04. The second-order valence-corrected chi connectivity index (χ2v) is 6.60. The predicted molar refractivity (Wildman–Crippen MR) is 107 cm³/mol. The maximum Gasteiger partial charge on any atom is 2.00 e. The first-order valence-electron chi connectivity index (χ1n) is 9.04.